The summed E-state index contributed by atoms with van der Waals surface area (Å²) in [6, 6.07) is 3.86. The number of benzene rings is 4. The van der Waals surface area contributed by atoms with Gasteiger partial charge in [-0.05, 0) is 24.3 Å². The average molecular weight is 922 g/mol. The molecule has 2 heterocycles. The zero-order valence-electron chi connectivity index (χ0n) is 22.6. The quantitative estimate of drug-likeness (QED) is 0.115. The van der Waals surface area contributed by atoms with Crippen molar-refractivity contribution in [2.45, 2.75) is 9.79 Å². The van der Waals surface area contributed by atoms with E-state index in [2.05, 4.69) is 0 Å². The van der Waals surface area contributed by atoms with Crippen LogP contribution in [0, 0.1) is 0 Å². The maximum absolute atomic E-state index is 14.0. The molecule has 0 radical (unpaired) electrons. The van der Waals surface area contributed by atoms with Crippen molar-refractivity contribution >= 4 is 184 Å². The Balaban J connectivity index is 1.41. The Morgan fingerprint density at radius 1 is 0.367 bits per heavy atom. The van der Waals surface area contributed by atoms with E-state index in [9.17, 15) is 27.6 Å². The van der Waals surface area contributed by atoms with Crippen LogP contribution >= 0.6 is 139 Å². The third kappa shape index (κ3) is 5.43. The van der Waals surface area contributed by atoms with E-state index in [4.69, 9.17) is 139 Å². The predicted octanol–water partition coefficient (Wildman–Crippen LogP) is 12.0. The fourth-order valence-electron chi connectivity index (χ4n) is 5.13. The molecular weight excluding hydrogens is 918 g/mol. The van der Waals surface area contributed by atoms with Gasteiger partial charge >= 0.3 is 0 Å². The number of carbonyl (C=O) groups excluding carboxylic acids is 4. The smallest absolute Gasteiger partial charge is 0.267 e. The second-order valence-corrected chi connectivity index (χ2v) is 16.4. The second kappa shape index (κ2) is 12.9. The largest absolute Gasteiger partial charge is 0.268 e. The normalized spacial score (nSPS) is 14.4. The van der Waals surface area contributed by atoms with Gasteiger partial charge in [0.1, 0.15) is 9.79 Å². The first kappa shape index (κ1) is 37.4. The lowest BCUT2D eigenvalue weighted by atomic mass is 10.1. The molecule has 252 valence electrons. The summed E-state index contributed by atoms with van der Waals surface area (Å²) in [5, 5.41) is -4.69. The molecule has 0 unspecified atom stereocenters. The number of anilines is 2. The molecule has 2 aliphatic rings. The molecule has 0 saturated heterocycles. The van der Waals surface area contributed by atoms with Gasteiger partial charge in [0.2, 0.25) is 9.84 Å². The van der Waals surface area contributed by atoms with Crippen LogP contribution in [0.25, 0.3) is 0 Å². The summed E-state index contributed by atoms with van der Waals surface area (Å²) in [7, 11) is -4.81. The van der Waals surface area contributed by atoms with Gasteiger partial charge in [-0.25, -0.2) is 18.2 Å². The summed E-state index contributed by atoms with van der Waals surface area (Å²) in [4.78, 5) is 53.1. The number of hydrogen-bond donors (Lipinski definition) is 0. The molecule has 0 bridgehead atoms. The van der Waals surface area contributed by atoms with Gasteiger partial charge < -0.3 is 0 Å². The maximum atomic E-state index is 14.0. The number of hydrogen-bond acceptors (Lipinski definition) is 6. The topological polar surface area (TPSA) is 109 Å². The van der Waals surface area contributed by atoms with Crippen molar-refractivity contribution in [2.24, 2.45) is 0 Å². The summed E-state index contributed by atoms with van der Waals surface area (Å²) in [6.45, 7) is 0. The number of amides is 4. The Morgan fingerprint density at radius 2 is 0.571 bits per heavy atom. The van der Waals surface area contributed by atoms with Gasteiger partial charge in [0.05, 0.1) is 93.9 Å². The number of sulfone groups is 1. The third-order valence-electron chi connectivity index (χ3n) is 7.22. The van der Waals surface area contributed by atoms with E-state index in [1.165, 1.54) is 0 Å². The van der Waals surface area contributed by atoms with E-state index >= 15 is 0 Å². The van der Waals surface area contributed by atoms with Crippen LogP contribution in [0.2, 0.25) is 60.3 Å². The Morgan fingerprint density at radius 3 is 0.776 bits per heavy atom. The SMILES string of the molecule is O=C1c2c(Cl)c(Cl)c(Cl)c(Cl)c2C(=O)N1c1cc(Cl)c(S(=O)(=O)c2c(Cl)cc(N3C(=O)c4c(Cl)c(Cl)c(Cl)c(Cl)c4C3=O)cc2Cl)c(Cl)c1. The molecule has 21 heteroatoms. The van der Waals surface area contributed by atoms with Crippen LogP contribution in [0.3, 0.4) is 0 Å². The lowest BCUT2D eigenvalue weighted by Crippen LogP contribution is -2.29. The van der Waals surface area contributed by atoms with Gasteiger partial charge in [-0.2, -0.15) is 0 Å². The van der Waals surface area contributed by atoms with Crippen molar-refractivity contribution in [3.05, 3.63) is 107 Å². The van der Waals surface area contributed by atoms with E-state index in [1.807, 2.05) is 0 Å². The molecule has 0 aromatic heterocycles. The van der Waals surface area contributed by atoms with Crippen molar-refractivity contribution in [1.82, 2.24) is 0 Å². The van der Waals surface area contributed by atoms with Crippen LogP contribution in [0.4, 0.5) is 11.4 Å². The first-order valence-corrected chi connectivity index (χ1v) is 18.5. The molecule has 0 atom stereocenters. The van der Waals surface area contributed by atoms with E-state index in [-0.39, 0.29) is 73.8 Å². The van der Waals surface area contributed by atoms with Crippen LogP contribution < -0.4 is 9.80 Å². The highest BCUT2D eigenvalue weighted by molar-refractivity contribution is 7.92. The van der Waals surface area contributed by atoms with Crippen molar-refractivity contribution in [3.63, 3.8) is 0 Å². The van der Waals surface area contributed by atoms with Gasteiger partial charge in [0, 0.05) is 0 Å². The molecule has 0 N–H and O–H groups in total. The van der Waals surface area contributed by atoms with E-state index in [0.717, 1.165) is 24.3 Å². The Bertz CT molecular complexity index is 2130. The summed E-state index contributed by atoms with van der Waals surface area (Å²) < 4.78 is 27.9. The molecule has 0 saturated carbocycles. The number of imide groups is 2. The van der Waals surface area contributed by atoms with Gasteiger partial charge in [-0.15, -0.1) is 0 Å². The number of carbonyl (C=O) groups is 4. The van der Waals surface area contributed by atoms with E-state index in [0.29, 0.717) is 9.80 Å². The lowest BCUT2D eigenvalue weighted by Gasteiger charge is -2.19. The Labute approximate surface area is 334 Å². The van der Waals surface area contributed by atoms with Crippen LogP contribution in [-0.2, 0) is 9.84 Å². The highest BCUT2D eigenvalue weighted by atomic mass is 35.5. The van der Waals surface area contributed by atoms with E-state index < -0.39 is 63.3 Å². The zero-order valence-corrected chi connectivity index (χ0v) is 32.5. The Hall–Kier alpha value is -1.41. The van der Waals surface area contributed by atoms with Crippen molar-refractivity contribution in [3.8, 4) is 0 Å². The number of halogens is 12. The van der Waals surface area contributed by atoms with Crippen molar-refractivity contribution in [1.29, 1.82) is 0 Å². The summed E-state index contributed by atoms with van der Waals surface area (Å²) in [6.07, 6.45) is 0. The molecule has 6 rings (SSSR count). The summed E-state index contributed by atoms with van der Waals surface area (Å²) in [5.41, 5.74) is -1.92. The maximum Gasteiger partial charge on any atom is 0.267 e. The third-order valence-corrected chi connectivity index (χ3v) is 14.4. The van der Waals surface area contributed by atoms with Crippen molar-refractivity contribution < 1.29 is 27.6 Å². The summed E-state index contributed by atoms with van der Waals surface area (Å²) >= 11 is 74.7. The molecule has 4 aromatic rings. The van der Waals surface area contributed by atoms with Gasteiger partial charge in [0.25, 0.3) is 23.6 Å². The molecule has 4 aromatic carbocycles. The second-order valence-electron chi connectivity index (χ2n) is 9.88. The first-order chi connectivity index (χ1) is 22.7. The fraction of sp³-hybridized carbons (Fsp3) is 0. The Kier molecular flexibility index (Phi) is 9.84. The van der Waals surface area contributed by atoms with Gasteiger partial charge in [-0.3, -0.25) is 19.2 Å². The highest BCUT2D eigenvalue weighted by Gasteiger charge is 2.45. The van der Waals surface area contributed by atoms with E-state index in [1.54, 1.807) is 0 Å². The highest BCUT2D eigenvalue weighted by Crippen LogP contribution is 2.49. The molecular formula is C28H4Cl12N2O6S. The number of nitrogens with zero attached hydrogens (tertiary/aromatic N) is 2. The van der Waals surface area contributed by atoms with Crippen molar-refractivity contribution in [2.75, 3.05) is 9.80 Å². The minimum atomic E-state index is -4.81. The zero-order chi connectivity index (χ0) is 36.3. The summed E-state index contributed by atoms with van der Waals surface area (Å²) in [5.74, 6) is -3.91. The number of fused-ring (bicyclic) bond motifs is 2. The monoisotopic (exact) mass is 916 g/mol. The van der Waals surface area contributed by atoms with Gasteiger partial charge in [-0.1, -0.05) is 139 Å². The first-order valence-electron chi connectivity index (χ1n) is 12.5. The molecule has 49 heavy (non-hydrogen) atoms. The van der Waals surface area contributed by atoms with Crippen LogP contribution in [0.1, 0.15) is 41.4 Å². The molecule has 0 spiro atoms. The van der Waals surface area contributed by atoms with Gasteiger partial charge in [0.15, 0.2) is 0 Å². The van der Waals surface area contributed by atoms with Crippen LogP contribution in [0.5, 0.6) is 0 Å². The average Bonchev–Trinajstić information content (AvgIpc) is 3.43. The fourth-order valence-corrected chi connectivity index (χ4v) is 10.8. The van der Waals surface area contributed by atoms with Crippen LogP contribution in [0.15, 0.2) is 34.1 Å². The minimum Gasteiger partial charge on any atom is -0.268 e. The molecule has 2 aliphatic heterocycles. The minimum absolute atomic E-state index is 0.267. The van der Waals surface area contributed by atoms with Crippen LogP contribution in [-0.4, -0.2) is 32.0 Å². The lowest BCUT2D eigenvalue weighted by molar-refractivity contribution is 0.0910. The molecule has 8 nitrogen and oxygen atoms in total. The predicted molar refractivity (Wildman–Crippen MR) is 194 cm³/mol. The standard InChI is InChI=1S/C28H4Cl12N2O6S/c29-7-1-5(41-25(43)11-12(26(41)44)16(34)20(38)19(37)15(11)33)2-8(30)23(7)49(47,48)24-9(31)3-6(4-10(24)32)42-27(45)13-14(28(42)46)18(36)22(40)21(39)17(13)35/h1-4H. The number of rotatable bonds is 4. The molecule has 4 amide bonds. The molecule has 0 fully saturated rings. The molecule has 0 aliphatic carbocycles.